The summed E-state index contributed by atoms with van der Waals surface area (Å²) in [6, 6.07) is -0.263. The average molecular weight is 295 g/mol. The predicted molar refractivity (Wildman–Crippen MR) is 82.8 cm³/mol. The van der Waals surface area contributed by atoms with E-state index in [2.05, 4.69) is 5.32 Å². The SMILES string of the molecule is CNCC1CCN(C(=O)C(C(C)C)N2CCCC2=O)CC1. The van der Waals surface area contributed by atoms with E-state index in [4.69, 9.17) is 0 Å². The third-order valence-electron chi connectivity index (χ3n) is 4.75. The maximum Gasteiger partial charge on any atom is 0.245 e. The summed E-state index contributed by atoms with van der Waals surface area (Å²) in [7, 11) is 1.98. The van der Waals surface area contributed by atoms with Gasteiger partial charge in [0.25, 0.3) is 0 Å². The maximum atomic E-state index is 12.9. The Kier molecular flexibility index (Phi) is 5.62. The van der Waals surface area contributed by atoms with Crippen molar-refractivity contribution in [2.75, 3.05) is 33.2 Å². The van der Waals surface area contributed by atoms with Crippen LogP contribution in [0.4, 0.5) is 0 Å². The van der Waals surface area contributed by atoms with Crippen LogP contribution in [0.25, 0.3) is 0 Å². The molecule has 21 heavy (non-hydrogen) atoms. The zero-order valence-corrected chi connectivity index (χ0v) is 13.6. The maximum absolute atomic E-state index is 12.9. The van der Waals surface area contributed by atoms with Crippen molar-refractivity contribution >= 4 is 11.8 Å². The normalized spacial score (nSPS) is 22.2. The molecule has 2 aliphatic rings. The van der Waals surface area contributed by atoms with E-state index in [1.54, 1.807) is 0 Å². The average Bonchev–Trinajstić information content (AvgIpc) is 2.86. The van der Waals surface area contributed by atoms with Gasteiger partial charge in [0.1, 0.15) is 6.04 Å². The van der Waals surface area contributed by atoms with E-state index in [1.807, 2.05) is 30.7 Å². The fourth-order valence-electron chi connectivity index (χ4n) is 3.57. The second-order valence-corrected chi connectivity index (χ2v) is 6.71. The van der Waals surface area contributed by atoms with E-state index < -0.39 is 0 Å². The van der Waals surface area contributed by atoms with E-state index in [9.17, 15) is 9.59 Å². The lowest BCUT2D eigenvalue weighted by Crippen LogP contribution is -2.53. The Balaban J connectivity index is 1.98. The van der Waals surface area contributed by atoms with Crippen molar-refractivity contribution in [1.29, 1.82) is 0 Å². The van der Waals surface area contributed by atoms with Gasteiger partial charge in [-0.2, -0.15) is 0 Å². The smallest absolute Gasteiger partial charge is 0.245 e. The number of likely N-dealkylation sites (tertiary alicyclic amines) is 2. The van der Waals surface area contributed by atoms with Crippen molar-refractivity contribution < 1.29 is 9.59 Å². The molecule has 5 heteroatoms. The highest BCUT2D eigenvalue weighted by molar-refractivity contribution is 5.88. The molecule has 0 radical (unpaired) electrons. The molecule has 1 N–H and O–H groups in total. The summed E-state index contributed by atoms with van der Waals surface area (Å²) < 4.78 is 0. The molecule has 2 heterocycles. The molecule has 0 aromatic carbocycles. The summed E-state index contributed by atoms with van der Waals surface area (Å²) in [6.07, 6.45) is 3.61. The fourth-order valence-corrected chi connectivity index (χ4v) is 3.57. The highest BCUT2D eigenvalue weighted by atomic mass is 16.2. The van der Waals surface area contributed by atoms with Crippen LogP contribution in [-0.2, 0) is 9.59 Å². The molecule has 2 saturated heterocycles. The number of carbonyl (C=O) groups is 2. The molecular weight excluding hydrogens is 266 g/mol. The van der Waals surface area contributed by atoms with Gasteiger partial charge in [0, 0.05) is 26.1 Å². The van der Waals surface area contributed by atoms with Crippen LogP contribution in [0.1, 0.15) is 39.5 Å². The van der Waals surface area contributed by atoms with Crippen molar-refractivity contribution in [1.82, 2.24) is 15.1 Å². The van der Waals surface area contributed by atoms with E-state index in [1.165, 1.54) is 0 Å². The van der Waals surface area contributed by atoms with Gasteiger partial charge < -0.3 is 15.1 Å². The summed E-state index contributed by atoms with van der Waals surface area (Å²) in [4.78, 5) is 28.6. The minimum absolute atomic E-state index is 0.145. The molecule has 120 valence electrons. The van der Waals surface area contributed by atoms with Crippen molar-refractivity contribution in [2.24, 2.45) is 11.8 Å². The molecular formula is C16H29N3O2. The van der Waals surface area contributed by atoms with Crippen molar-refractivity contribution in [2.45, 2.75) is 45.6 Å². The Morgan fingerprint density at radius 3 is 2.43 bits per heavy atom. The minimum atomic E-state index is -0.263. The standard InChI is InChI=1S/C16H29N3O2/c1-12(2)15(19-8-4-5-14(19)20)16(21)18-9-6-13(7-10-18)11-17-3/h12-13,15,17H,4-11H2,1-3H3. The van der Waals surface area contributed by atoms with Crippen LogP contribution < -0.4 is 5.32 Å². The largest absolute Gasteiger partial charge is 0.341 e. The number of piperidine rings is 1. The second kappa shape index (κ2) is 7.25. The molecule has 2 amide bonds. The van der Waals surface area contributed by atoms with E-state index in [-0.39, 0.29) is 23.8 Å². The Labute approximate surface area is 128 Å². The fraction of sp³-hybridized carbons (Fsp3) is 0.875. The van der Waals surface area contributed by atoms with E-state index in [0.717, 1.165) is 45.4 Å². The summed E-state index contributed by atoms with van der Waals surface area (Å²) in [5.41, 5.74) is 0. The number of nitrogens with one attached hydrogen (secondary N) is 1. The van der Waals surface area contributed by atoms with Crippen molar-refractivity contribution in [3.63, 3.8) is 0 Å². The van der Waals surface area contributed by atoms with Gasteiger partial charge in [-0.15, -0.1) is 0 Å². The van der Waals surface area contributed by atoms with Gasteiger partial charge in [0.15, 0.2) is 0 Å². The van der Waals surface area contributed by atoms with Gasteiger partial charge in [0.2, 0.25) is 11.8 Å². The molecule has 1 atom stereocenters. The molecule has 0 saturated carbocycles. The topological polar surface area (TPSA) is 52.7 Å². The Morgan fingerprint density at radius 2 is 1.95 bits per heavy atom. The zero-order valence-electron chi connectivity index (χ0n) is 13.6. The van der Waals surface area contributed by atoms with Crippen LogP contribution in [0.15, 0.2) is 0 Å². The second-order valence-electron chi connectivity index (χ2n) is 6.71. The van der Waals surface area contributed by atoms with Crippen LogP contribution in [0.3, 0.4) is 0 Å². The molecule has 0 bridgehead atoms. The number of carbonyl (C=O) groups excluding carboxylic acids is 2. The van der Waals surface area contributed by atoms with Crippen LogP contribution in [0.2, 0.25) is 0 Å². The van der Waals surface area contributed by atoms with Crippen LogP contribution >= 0.6 is 0 Å². The molecule has 5 nitrogen and oxygen atoms in total. The number of amides is 2. The number of hydrogen-bond donors (Lipinski definition) is 1. The van der Waals surface area contributed by atoms with Gasteiger partial charge in [-0.05, 0) is 44.7 Å². The molecule has 0 spiro atoms. The summed E-state index contributed by atoms with van der Waals surface area (Å²) in [6.45, 7) is 7.51. The first-order valence-corrected chi connectivity index (χ1v) is 8.27. The quantitative estimate of drug-likeness (QED) is 0.826. The molecule has 0 aliphatic carbocycles. The predicted octanol–water partition coefficient (Wildman–Crippen LogP) is 1.09. The number of hydrogen-bond acceptors (Lipinski definition) is 3. The highest BCUT2D eigenvalue weighted by Crippen LogP contribution is 2.24. The molecule has 1 unspecified atom stereocenters. The lowest BCUT2D eigenvalue weighted by atomic mass is 9.94. The molecule has 2 rings (SSSR count). The van der Waals surface area contributed by atoms with Gasteiger partial charge in [-0.25, -0.2) is 0 Å². The monoisotopic (exact) mass is 295 g/mol. The first-order chi connectivity index (χ1) is 10.0. The summed E-state index contributed by atoms with van der Waals surface area (Å²) >= 11 is 0. The van der Waals surface area contributed by atoms with Crippen molar-refractivity contribution in [3.8, 4) is 0 Å². The van der Waals surface area contributed by atoms with E-state index in [0.29, 0.717) is 12.3 Å². The minimum Gasteiger partial charge on any atom is -0.341 e. The van der Waals surface area contributed by atoms with Crippen molar-refractivity contribution in [3.05, 3.63) is 0 Å². The number of rotatable bonds is 5. The lowest BCUT2D eigenvalue weighted by molar-refractivity contribution is -0.146. The van der Waals surface area contributed by atoms with Gasteiger partial charge >= 0.3 is 0 Å². The van der Waals surface area contributed by atoms with Gasteiger partial charge in [-0.1, -0.05) is 13.8 Å². The third-order valence-corrected chi connectivity index (χ3v) is 4.75. The third kappa shape index (κ3) is 3.76. The molecule has 2 aliphatic heterocycles. The van der Waals surface area contributed by atoms with Crippen LogP contribution in [-0.4, -0.2) is 60.9 Å². The van der Waals surface area contributed by atoms with Gasteiger partial charge in [-0.3, -0.25) is 9.59 Å². The van der Waals surface area contributed by atoms with E-state index >= 15 is 0 Å². The van der Waals surface area contributed by atoms with Crippen LogP contribution in [0.5, 0.6) is 0 Å². The highest BCUT2D eigenvalue weighted by Gasteiger charge is 2.37. The zero-order chi connectivity index (χ0) is 15.4. The lowest BCUT2D eigenvalue weighted by Gasteiger charge is -2.38. The van der Waals surface area contributed by atoms with Crippen LogP contribution in [0, 0.1) is 11.8 Å². The Bertz CT molecular complexity index is 376. The Morgan fingerprint density at radius 1 is 1.29 bits per heavy atom. The molecule has 2 fully saturated rings. The summed E-state index contributed by atoms with van der Waals surface area (Å²) in [5, 5.41) is 3.22. The van der Waals surface area contributed by atoms with Gasteiger partial charge in [0.05, 0.1) is 0 Å². The summed E-state index contributed by atoms with van der Waals surface area (Å²) in [5.74, 6) is 1.15. The first kappa shape index (κ1) is 16.3. The molecule has 0 aromatic heterocycles. The number of nitrogens with zero attached hydrogens (tertiary/aromatic N) is 2. The molecule has 0 aromatic rings. The Hall–Kier alpha value is -1.10. The first-order valence-electron chi connectivity index (χ1n) is 8.27.